The molecule has 1 aromatic carbocycles. The third-order valence-electron chi connectivity index (χ3n) is 3.22. The number of nitrogens with two attached hydrogens (primary N) is 1. The highest BCUT2D eigenvalue weighted by Crippen LogP contribution is 2.20. The van der Waals surface area contributed by atoms with Gasteiger partial charge in [0.1, 0.15) is 5.82 Å². The number of primary amides is 1. The van der Waals surface area contributed by atoms with Crippen LogP contribution in [0, 0.1) is 12.7 Å². The standard InChI is InChI=1S/C15H23FN2O/c1-3-4-5-6-7-8-18-14-10-12(15(17)19)9-13(16)11(14)2/h9-10,18H,3-8H2,1-2H3,(H2,17,19). The van der Waals surface area contributed by atoms with Crippen molar-refractivity contribution < 1.29 is 9.18 Å². The van der Waals surface area contributed by atoms with E-state index in [1.54, 1.807) is 13.0 Å². The Hall–Kier alpha value is -1.58. The summed E-state index contributed by atoms with van der Waals surface area (Å²) in [5.74, 6) is -1.00. The molecular formula is C15H23FN2O. The summed E-state index contributed by atoms with van der Waals surface area (Å²) in [5.41, 5.74) is 6.57. The van der Waals surface area contributed by atoms with Gasteiger partial charge in [-0.2, -0.15) is 0 Å². The molecule has 106 valence electrons. The van der Waals surface area contributed by atoms with Crippen molar-refractivity contribution in [2.45, 2.75) is 46.0 Å². The second kappa shape index (κ2) is 7.77. The van der Waals surface area contributed by atoms with Crippen LogP contribution in [0.2, 0.25) is 0 Å². The molecule has 0 spiro atoms. The number of unbranched alkanes of at least 4 members (excludes halogenated alkanes) is 4. The van der Waals surface area contributed by atoms with E-state index < -0.39 is 11.7 Å². The highest BCUT2D eigenvalue weighted by molar-refractivity contribution is 5.94. The maximum Gasteiger partial charge on any atom is 0.248 e. The largest absolute Gasteiger partial charge is 0.385 e. The zero-order chi connectivity index (χ0) is 14.3. The third-order valence-corrected chi connectivity index (χ3v) is 3.22. The number of halogens is 1. The van der Waals surface area contributed by atoms with Crippen LogP contribution in [0.5, 0.6) is 0 Å². The first-order chi connectivity index (χ1) is 9.06. The zero-order valence-corrected chi connectivity index (χ0v) is 11.8. The number of benzene rings is 1. The van der Waals surface area contributed by atoms with Gasteiger partial charge in [-0.15, -0.1) is 0 Å². The first-order valence-electron chi connectivity index (χ1n) is 6.90. The number of amides is 1. The van der Waals surface area contributed by atoms with Crippen molar-refractivity contribution in [3.63, 3.8) is 0 Å². The molecule has 19 heavy (non-hydrogen) atoms. The molecule has 1 aromatic rings. The first-order valence-corrected chi connectivity index (χ1v) is 6.90. The molecule has 1 amide bonds. The van der Waals surface area contributed by atoms with Crippen LogP contribution in [0.4, 0.5) is 10.1 Å². The minimum absolute atomic E-state index is 0.205. The Bertz CT molecular complexity index is 432. The van der Waals surface area contributed by atoms with E-state index in [-0.39, 0.29) is 5.56 Å². The van der Waals surface area contributed by atoms with Gasteiger partial charge in [0, 0.05) is 23.4 Å². The van der Waals surface area contributed by atoms with Gasteiger partial charge in [0.25, 0.3) is 0 Å². The lowest BCUT2D eigenvalue weighted by molar-refractivity contribution is 0.1000. The van der Waals surface area contributed by atoms with Crippen molar-refractivity contribution in [3.05, 3.63) is 29.1 Å². The molecule has 0 aromatic heterocycles. The summed E-state index contributed by atoms with van der Waals surface area (Å²) in [6.07, 6.45) is 5.91. The lowest BCUT2D eigenvalue weighted by Crippen LogP contribution is -2.13. The molecule has 0 aliphatic carbocycles. The Labute approximate surface area is 114 Å². The van der Waals surface area contributed by atoms with E-state index in [0.29, 0.717) is 11.3 Å². The van der Waals surface area contributed by atoms with Crippen LogP contribution in [0.15, 0.2) is 12.1 Å². The van der Waals surface area contributed by atoms with Crippen LogP contribution < -0.4 is 11.1 Å². The monoisotopic (exact) mass is 266 g/mol. The summed E-state index contributed by atoms with van der Waals surface area (Å²) in [4.78, 5) is 11.1. The van der Waals surface area contributed by atoms with Crippen LogP contribution in [0.3, 0.4) is 0 Å². The van der Waals surface area contributed by atoms with E-state index in [1.807, 2.05) is 0 Å². The minimum Gasteiger partial charge on any atom is -0.385 e. The Morgan fingerprint density at radius 1 is 1.26 bits per heavy atom. The number of anilines is 1. The average Bonchev–Trinajstić information content (AvgIpc) is 2.37. The highest BCUT2D eigenvalue weighted by Gasteiger charge is 2.09. The predicted octanol–water partition coefficient (Wildman–Crippen LogP) is 3.62. The van der Waals surface area contributed by atoms with Crippen molar-refractivity contribution in [2.75, 3.05) is 11.9 Å². The zero-order valence-electron chi connectivity index (χ0n) is 11.8. The summed E-state index contributed by atoms with van der Waals surface area (Å²) in [6, 6.07) is 2.80. The van der Waals surface area contributed by atoms with Crippen LogP contribution >= 0.6 is 0 Å². The molecule has 3 nitrogen and oxygen atoms in total. The van der Waals surface area contributed by atoms with Gasteiger partial charge in [0.15, 0.2) is 0 Å². The third kappa shape index (κ3) is 4.89. The number of hydrogen-bond donors (Lipinski definition) is 2. The van der Waals surface area contributed by atoms with E-state index in [9.17, 15) is 9.18 Å². The minimum atomic E-state index is -0.607. The second-order valence-corrected chi connectivity index (χ2v) is 4.84. The lowest BCUT2D eigenvalue weighted by Gasteiger charge is -2.11. The van der Waals surface area contributed by atoms with Crippen molar-refractivity contribution in [1.29, 1.82) is 0 Å². The number of hydrogen-bond acceptors (Lipinski definition) is 2. The molecule has 0 saturated carbocycles. The number of rotatable bonds is 8. The van der Waals surface area contributed by atoms with E-state index in [4.69, 9.17) is 5.73 Å². The topological polar surface area (TPSA) is 55.1 Å². The van der Waals surface area contributed by atoms with Gasteiger partial charge in [0.05, 0.1) is 0 Å². The van der Waals surface area contributed by atoms with Gasteiger partial charge >= 0.3 is 0 Å². The Morgan fingerprint density at radius 2 is 1.95 bits per heavy atom. The molecule has 0 aliphatic rings. The molecule has 3 N–H and O–H groups in total. The van der Waals surface area contributed by atoms with Crippen molar-refractivity contribution in [2.24, 2.45) is 5.73 Å². The summed E-state index contributed by atoms with van der Waals surface area (Å²) >= 11 is 0. The second-order valence-electron chi connectivity index (χ2n) is 4.84. The smallest absolute Gasteiger partial charge is 0.248 e. The van der Waals surface area contributed by atoms with Crippen molar-refractivity contribution in [3.8, 4) is 0 Å². The van der Waals surface area contributed by atoms with E-state index in [2.05, 4.69) is 12.2 Å². The Balaban J connectivity index is 2.55. The molecule has 1 rings (SSSR count). The van der Waals surface area contributed by atoms with Crippen LogP contribution in [0.1, 0.15) is 54.9 Å². The van der Waals surface area contributed by atoms with Crippen molar-refractivity contribution in [1.82, 2.24) is 0 Å². The predicted molar refractivity (Wildman–Crippen MR) is 76.9 cm³/mol. The van der Waals surface area contributed by atoms with Gasteiger partial charge in [-0.3, -0.25) is 4.79 Å². The Morgan fingerprint density at radius 3 is 2.58 bits per heavy atom. The van der Waals surface area contributed by atoms with Gasteiger partial charge in [0.2, 0.25) is 5.91 Å². The number of carbonyl (C=O) groups is 1. The lowest BCUT2D eigenvalue weighted by atomic mass is 10.1. The molecule has 0 bridgehead atoms. The first kappa shape index (κ1) is 15.5. The van der Waals surface area contributed by atoms with E-state index in [1.165, 1.54) is 25.3 Å². The summed E-state index contributed by atoms with van der Waals surface area (Å²) < 4.78 is 13.6. The fourth-order valence-corrected chi connectivity index (χ4v) is 1.96. The Kier molecular flexibility index (Phi) is 6.33. The van der Waals surface area contributed by atoms with Gasteiger partial charge in [-0.1, -0.05) is 32.6 Å². The molecule has 0 fully saturated rings. The SMILES string of the molecule is CCCCCCCNc1cc(C(N)=O)cc(F)c1C. The molecule has 0 unspecified atom stereocenters. The fraction of sp³-hybridized carbons (Fsp3) is 0.533. The summed E-state index contributed by atoms with van der Waals surface area (Å²) in [7, 11) is 0. The summed E-state index contributed by atoms with van der Waals surface area (Å²) in [5, 5.41) is 3.18. The molecule has 0 atom stereocenters. The fourth-order valence-electron chi connectivity index (χ4n) is 1.96. The molecule has 4 heteroatoms. The van der Waals surface area contributed by atoms with Crippen LogP contribution in [0.25, 0.3) is 0 Å². The molecule has 0 saturated heterocycles. The van der Waals surface area contributed by atoms with Crippen LogP contribution in [-0.4, -0.2) is 12.5 Å². The quantitative estimate of drug-likeness (QED) is 0.706. The normalized spacial score (nSPS) is 10.5. The van der Waals surface area contributed by atoms with Crippen molar-refractivity contribution >= 4 is 11.6 Å². The summed E-state index contributed by atoms with van der Waals surface area (Å²) in [6.45, 7) is 4.66. The molecule has 0 heterocycles. The van der Waals surface area contributed by atoms with Crippen LogP contribution in [-0.2, 0) is 0 Å². The van der Waals surface area contributed by atoms with E-state index in [0.717, 1.165) is 19.4 Å². The number of carbonyl (C=O) groups excluding carboxylic acids is 1. The molecular weight excluding hydrogens is 243 g/mol. The maximum atomic E-state index is 13.6. The van der Waals surface area contributed by atoms with Gasteiger partial charge in [-0.25, -0.2) is 4.39 Å². The van der Waals surface area contributed by atoms with Gasteiger partial charge in [-0.05, 0) is 25.5 Å². The molecule has 0 aliphatic heterocycles. The van der Waals surface area contributed by atoms with Gasteiger partial charge < -0.3 is 11.1 Å². The van der Waals surface area contributed by atoms with E-state index >= 15 is 0 Å². The average molecular weight is 266 g/mol. The maximum absolute atomic E-state index is 13.6. The number of nitrogens with one attached hydrogen (secondary N) is 1. The molecule has 0 radical (unpaired) electrons. The highest BCUT2D eigenvalue weighted by atomic mass is 19.1.